The van der Waals surface area contributed by atoms with Gasteiger partial charge in [0.05, 0.1) is 11.0 Å². The fourth-order valence-electron chi connectivity index (χ4n) is 2.74. The normalized spacial score (nSPS) is 11.2. The van der Waals surface area contributed by atoms with Crippen LogP contribution in [0.3, 0.4) is 0 Å². The van der Waals surface area contributed by atoms with E-state index in [1.165, 1.54) is 22.3 Å². The summed E-state index contributed by atoms with van der Waals surface area (Å²) in [6, 6.07) is 10.9. The fraction of sp³-hybridized carbons (Fsp3) is 0.278. The number of aromatic nitrogens is 2. The predicted octanol–water partition coefficient (Wildman–Crippen LogP) is 3.45. The summed E-state index contributed by atoms with van der Waals surface area (Å²) in [7, 11) is 0. The molecule has 21 heavy (non-hydrogen) atoms. The SMILES string of the molecule is Cc1cc2ncn(-c3ccc(CCN)c(C)c3)c2cc1C. The van der Waals surface area contributed by atoms with E-state index in [0.29, 0.717) is 6.54 Å². The Kier molecular flexibility index (Phi) is 3.52. The lowest BCUT2D eigenvalue weighted by Gasteiger charge is -2.10. The first-order valence-electron chi connectivity index (χ1n) is 7.34. The molecule has 0 saturated heterocycles. The molecule has 1 aromatic heterocycles. The van der Waals surface area contributed by atoms with E-state index in [1.54, 1.807) is 0 Å². The van der Waals surface area contributed by atoms with Crippen molar-refractivity contribution in [3.8, 4) is 5.69 Å². The molecule has 2 N–H and O–H groups in total. The van der Waals surface area contributed by atoms with Crippen LogP contribution in [0.25, 0.3) is 16.7 Å². The lowest BCUT2D eigenvalue weighted by molar-refractivity contribution is 0.954. The zero-order chi connectivity index (χ0) is 15.0. The predicted molar refractivity (Wildman–Crippen MR) is 88.0 cm³/mol. The smallest absolute Gasteiger partial charge is 0.100 e. The first kappa shape index (κ1) is 13.8. The maximum absolute atomic E-state index is 5.65. The molecule has 2 aromatic carbocycles. The molecular formula is C18H21N3. The molecule has 0 spiro atoms. The Morgan fingerprint density at radius 1 is 1.00 bits per heavy atom. The minimum Gasteiger partial charge on any atom is -0.330 e. The van der Waals surface area contributed by atoms with Crippen molar-refractivity contribution in [3.63, 3.8) is 0 Å². The van der Waals surface area contributed by atoms with Crippen LogP contribution in [0.15, 0.2) is 36.7 Å². The average Bonchev–Trinajstić information content (AvgIpc) is 2.85. The summed E-state index contributed by atoms with van der Waals surface area (Å²) in [6.07, 6.45) is 2.83. The number of rotatable bonds is 3. The van der Waals surface area contributed by atoms with Gasteiger partial charge in [-0.05, 0) is 80.3 Å². The van der Waals surface area contributed by atoms with E-state index in [4.69, 9.17) is 5.73 Å². The Hall–Kier alpha value is -2.13. The number of nitrogens with two attached hydrogens (primary N) is 1. The van der Waals surface area contributed by atoms with Gasteiger partial charge in [-0.15, -0.1) is 0 Å². The van der Waals surface area contributed by atoms with Gasteiger partial charge in [0.1, 0.15) is 6.33 Å². The van der Waals surface area contributed by atoms with Gasteiger partial charge < -0.3 is 5.73 Å². The fourth-order valence-corrected chi connectivity index (χ4v) is 2.74. The average molecular weight is 279 g/mol. The Morgan fingerprint density at radius 3 is 2.48 bits per heavy atom. The molecule has 3 rings (SSSR count). The van der Waals surface area contributed by atoms with Crippen LogP contribution in [0, 0.1) is 20.8 Å². The van der Waals surface area contributed by atoms with Gasteiger partial charge in [-0.1, -0.05) is 6.07 Å². The molecule has 3 heteroatoms. The largest absolute Gasteiger partial charge is 0.330 e. The van der Waals surface area contributed by atoms with Crippen molar-refractivity contribution in [1.82, 2.24) is 9.55 Å². The number of benzene rings is 2. The van der Waals surface area contributed by atoms with Crippen LogP contribution < -0.4 is 5.73 Å². The molecule has 0 saturated carbocycles. The summed E-state index contributed by atoms with van der Waals surface area (Å²) in [6.45, 7) is 7.09. The molecular weight excluding hydrogens is 258 g/mol. The standard InChI is InChI=1S/C18H21N3/c1-12-9-17-18(10-13(12)2)21(11-20-17)16-5-4-15(6-7-19)14(3)8-16/h4-5,8-11H,6-7,19H2,1-3H3. The Bertz CT molecular complexity index is 800. The molecule has 1 heterocycles. The van der Waals surface area contributed by atoms with E-state index in [-0.39, 0.29) is 0 Å². The summed E-state index contributed by atoms with van der Waals surface area (Å²) in [5, 5.41) is 0. The number of fused-ring (bicyclic) bond motifs is 1. The van der Waals surface area contributed by atoms with Gasteiger partial charge in [-0.2, -0.15) is 0 Å². The molecule has 0 aliphatic carbocycles. The molecule has 0 aliphatic rings. The van der Waals surface area contributed by atoms with Crippen LogP contribution in [0.2, 0.25) is 0 Å². The Balaban J connectivity index is 2.12. The van der Waals surface area contributed by atoms with Crippen molar-refractivity contribution >= 4 is 11.0 Å². The van der Waals surface area contributed by atoms with Crippen molar-refractivity contribution < 1.29 is 0 Å². The van der Waals surface area contributed by atoms with Crippen LogP contribution in [-0.2, 0) is 6.42 Å². The van der Waals surface area contributed by atoms with Crippen molar-refractivity contribution in [3.05, 3.63) is 58.9 Å². The topological polar surface area (TPSA) is 43.8 Å². The summed E-state index contributed by atoms with van der Waals surface area (Å²) in [5.41, 5.74) is 14.2. The zero-order valence-corrected chi connectivity index (χ0v) is 12.9. The molecule has 3 aromatic rings. The molecule has 0 atom stereocenters. The van der Waals surface area contributed by atoms with E-state index in [0.717, 1.165) is 23.1 Å². The second kappa shape index (κ2) is 5.34. The lowest BCUT2D eigenvalue weighted by Crippen LogP contribution is -2.04. The molecule has 0 radical (unpaired) electrons. The van der Waals surface area contributed by atoms with Gasteiger partial charge >= 0.3 is 0 Å². The first-order chi connectivity index (χ1) is 10.1. The second-order valence-corrected chi connectivity index (χ2v) is 5.69. The van der Waals surface area contributed by atoms with Gasteiger partial charge in [-0.3, -0.25) is 4.57 Å². The Morgan fingerprint density at radius 2 is 1.76 bits per heavy atom. The van der Waals surface area contributed by atoms with Gasteiger partial charge in [0.2, 0.25) is 0 Å². The minimum atomic E-state index is 0.687. The maximum atomic E-state index is 5.65. The van der Waals surface area contributed by atoms with Crippen LogP contribution in [0.5, 0.6) is 0 Å². The van der Waals surface area contributed by atoms with Gasteiger partial charge in [0.15, 0.2) is 0 Å². The highest BCUT2D eigenvalue weighted by Crippen LogP contribution is 2.23. The summed E-state index contributed by atoms with van der Waals surface area (Å²) < 4.78 is 2.15. The number of hydrogen-bond acceptors (Lipinski definition) is 2. The van der Waals surface area contributed by atoms with Crippen molar-refractivity contribution in [1.29, 1.82) is 0 Å². The van der Waals surface area contributed by atoms with E-state index in [2.05, 4.69) is 60.7 Å². The number of aryl methyl sites for hydroxylation is 3. The van der Waals surface area contributed by atoms with Crippen molar-refractivity contribution in [2.24, 2.45) is 5.73 Å². The van der Waals surface area contributed by atoms with Crippen LogP contribution in [-0.4, -0.2) is 16.1 Å². The molecule has 0 fully saturated rings. The summed E-state index contributed by atoms with van der Waals surface area (Å²) in [4.78, 5) is 4.53. The van der Waals surface area contributed by atoms with Gasteiger partial charge in [0.25, 0.3) is 0 Å². The summed E-state index contributed by atoms with van der Waals surface area (Å²) in [5.74, 6) is 0. The van der Waals surface area contributed by atoms with E-state index in [1.807, 2.05) is 6.33 Å². The third-order valence-corrected chi connectivity index (χ3v) is 4.18. The van der Waals surface area contributed by atoms with E-state index < -0.39 is 0 Å². The van der Waals surface area contributed by atoms with E-state index >= 15 is 0 Å². The minimum absolute atomic E-state index is 0.687. The molecule has 0 bridgehead atoms. The third-order valence-electron chi connectivity index (χ3n) is 4.18. The summed E-state index contributed by atoms with van der Waals surface area (Å²) >= 11 is 0. The molecule has 0 aliphatic heterocycles. The van der Waals surface area contributed by atoms with Crippen molar-refractivity contribution in [2.45, 2.75) is 27.2 Å². The Labute approximate surface area is 125 Å². The van der Waals surface area contributed by atoms with Crippen LogP contribution in [0.4, 0.5) is 0 Å². The molecule has 0 unspecified atom stereocenters. The highest BCUT2D eigenvalue weighted by Gasteiger charge is 2.08. The lowest BCUT2D eigenvalue weighted by atomic mass is 10.0. The maximum Gasteiger partial charge on any atom is 0.100 e. The molecule has 3 nitrogen and oxygen atoms in total. The number of nitrogens with zero attached hydrogens (tertiary/aromatic N) is 2. The van der Waals surface area contributed by atoms with Gasteiger partial charge in [-0.25, -0.2) is 4.98 Å². The zero-order valence-electron chi connectivity index (χ0n) is 12.9. The highest BCUT2D eigenvalue weighted by atomic mass is 15.0. The first-order valence-corrected chi connectivity index (χ1v) is 7.34. The number of imidazole rings is 1. The highest BCUT2D eigenvalue weighted by molar-refractivity contribution is 5.79. The third kappa shape index (κ3) is 2.45. The molecule has 108 valence electrons. The number of hydrogen-bond donors (Lipinski definition) is 1. The quantitative estimate of drug-likeness (QED) is 0.798. The molecule has 0 amide bonds. The second-order valence-electron chi connectivity index (χ2n) is 5.69. The van der Waals surface area contributed by atoms with Crippen molar-refractivity contribution in [2.75, 3.05) is 6.54 Å². The monoisotopic (exact) mass is 279 g/mol. The van der Waals surface area contributed by atoms with Crippen LogP contribution in [0.1, 0.15) is 22.3 Å². The van der Waals surface area contributed by atoms with Crippen LogP contribution >= 0.6 is 0 Å². The van der Waals surface area contributed by atoms with E-state index in [9.17, 15) is 0 Å². The van der Waals surface area contributed by atoms with Gasteiger partial charge in [0, 0.05) is 5.69 Å².